The van der Waals surface area contributed by atoms with Crippen LogP contribution in [0, 0.1) is 0 Å². The van der Waals surface area contributed by atoms with Crippen molar-refractivity contribution >= 4 is 5.91 Å². The fourth-order valence-electron chi connectivity index (χ4n) is 1.51. The minimum atomic E-state index is -0.392. The molecule has 0 saturated carbocycles. The number of hydrogen-bond donors (Lipinski definition) is 2. The van der Waals surface area contributed by atoms with E-state index in [0.29, 0.717) is 0 Å². The van der Waals surface area contributed by atoms with Crippen LogP contribution in [0.4, 0.5) is 0 Å². The van der Waals surface area contributed by atoms with Crippen LogP contribution in [0.2, 0.25) is 0 Å². The third-order valence-electron chi connectivity index (χ3n) is 2.33. The average molecular weight is 214 g/mol. The van der Waals surface area contributed by atoms with Gasteiger partial charge in [-0.15, -0.1) is 0 Å². The van der Waals surface area contributed by atoms with E-state index in [1.807, 2.05) is 27.7 Å². The van der Waals surface area contributed by atoms with Crippen molar-refractivity contribution in [2.75, 3.05) is 13.1 Å². The molecule has 1 heterocycles. The summed E-state index contributed by atoms with van der Waals surface area (Å²) in [5, 5.41) is 6.04. The fourth-order valence-corrected chi connectivity index (χ4v) is 1.51. The van der Waals surface area contributed by atoms with E-state index in [-0.39, 0.29) is 17.0 Å². The van der Waals surface area contributed by atoms with E-state index in [1.165, 1.54) is 0 Å². The van der Waals surface area contributed by atoms with Crippen molar-refractivity contribution in [1.29, 1.82) is 0 Å². The van der Waals surface area contributed by atoms with E-state index in [9.17, 15) is 4.79 Å². The van der Waals surface area contributed by atoms with Gasteiger partial charge in [-0.25, -0.2) is 0 Å². The van der Waals surface area contributed by atoms with Crippen LogP contribution in [0.1, 0.15) is 34.6 Å². The van der Waals surface area contributed by atoms with Gasteiger partial charge in [0.1, 0.15) is 6.10 Å². The minimum Gasteiger partial charge on any atom is -0.360 e. The Balaban J connectivity index is 2.39. The first kappa shape index (κ1) is 12.5. The van der Waals surface area contributed by atoms with Crippen molar-refractivity contribution in [3.63, 3.8) is 0 Å². The van der Waals surface area contributed by atoms with Gasteiger partial charge in [-0.1, -0.05) is 0 Å². The normalized spacial score (nSPS) is 21.7. The van der Waals surface area contributed by atoms with E-state index in [4.69, 9.17) is 4.74 Å². The lowest BCUT2D eigenvalue weighted by atomic mass is 9.99. The molecule has 1 aliphatic heterocycles. The highest BCUT2D eigenvalue weighted by Gasteiger charge is 2.36. The van der Waals surface area contributed by atoms with Crippen molar-refractivity contribution in [3.8, 4) is 0 Å². The van der Waals surface area contributed by atoms with Gasteiger partial charge >= 0.3 is 0 Å². The summed E-state index contributed by atoms with van der Waals surface area (Å²) in [4.78, 5) is 11.7. The second-order valence-electron chi connectivity index (χ2n) is 5.55. The predicted octanol–water partition coefficient (Wildman–Crippen LogP) is 0.668. The molecule has 0 spiro atoms. The van der Waals surface area contributed by atoms with E-state index in [1.54, 1.807) is 6.92 Å². The molecule has 2 N–H and O–H groups in total. The lowest BCUT2D eigenvalue weighted by Crippen LogP contribution is -2.61. The highest BCUT2D eigenvalue weighted by Crippen LogP contribution is 2.18. The lowest BCUT2D eigenvalue weighted by Gasteiger charge is -2.41. The Morgan fingerprint density at radius 2 is 2.00 bits per heavy atom. The van der Waals surface area contributed by atoms with E-state index >= 15 is 0 Å². The topological polar surface area (TPSA) is 50.4 Å². The number of amides is 1. The predicted molar refractivity (Wildman–Crippen MR) is 59.7 cm³/mol. The molecule has 1 saturated heterocycles. The molecule has 0 aliphatic carbocycles. The standard InChI is InChI=1S/C11H22N2O2/c1-8(9(14)13-10(2,3)4)15-11(5)6-12-7-11/h8,12H,6-7H2,1-5H3,(H,13,14). The average Bonchev–Trinajstić information content (AvgIpc) is 1.98. The van der Waals surface area contributed by atoms with Gasteiger partial charge < -0.3 is 15.4 Å². The number of ether oxygens (including phenoxy) is 1. The molecule has 0 radical (unpaired) electrons. The van der Waals surface area contributed by atoms with Gasteiger partial charge in [0.25, 0.3) is 0 Å². The highest BCUT2D eigenvalue weighted by atomic mass is 16.5. The first-order chi connectivity index (χ1) is 6.72. The first-order valence-electron chi connectivity index (χ1n) is 5.42. The van der Waals surface area contributed by atoms with Crippen LogP contribution in [0.25, 0.3) is 0 Å². The summed E-state index contributed by atoms with van der Waals surface area (Å²) >= 11 is 0. The molecule has 1 unspecified atom stereocenters. The zero-order chi connectivity index (χ0) is 11.7. The number of carbonyl (C=O) groups excluding carboxylic acids is 1. The third kappa shape index (κ3) is 3.80. The summed E-state index contributed by atoms with van der Waals surface area (Å²) in [6.45, 7) is 11.3. The molecule has 0 bridgehead atoms. The molecule has 1 atom stereocenters. The minimum absolute atomic E-state index is 0.0457. The fraction of sp³-hybridized carbons (Fsp3) is 0.909. The Hall–Kier alpha value is -0.610. The van der Waals surface area contributed by atoms with Crippen LogP contribution < -0.4 is 10.6 Å². The molecule has 1 amide bonds. The zero-order valence-corrected chi connectivity index (χ0v) is 10.3. The summed E-state index contributed by atoms with van der Waals surface area (Å²) in [7, 11) is 0. The zero-order valence-electron chi connectivity index (χ0n) is 10.3. The lowest BCUT2D eigenvalue weighted by molar-refractivity contribution is -0.151. The van der Waals surface area contributed by atoms with E-state index in [0.717, 1.165) is 13.1 Å². The van der Waals surface area contributed by atoms with Crippen LogP contribution in [-0.2, 0) is 9.53 Å². The number of nitrogens with one attached hydrogen (secondary N) is 2. The number of hydrogen-bond acceptors (Lipinski definition) is 3. The van der Waals surface area contributed by atoms with Gasteiger partial charge in [-0.2, -0.15) is 0 Å². The smallest absolute Gasteiger partial charge is 0.249 e. The molecule has 4 nitrogen and oxygen atoms in total. The Morgan fingerprint density at radius 1 is 1.47 bits per heavy atom. The SMILES string of the molecule is CC(OC1(C)CNC1)C(=O)NC(C)(C)C. The van der Waals surface area contributed by atoms with Crippen molar-refractivity contribution in [3.05, 3.63) is 0 Å². The largest absolute Gasteiger partial charge is 0.360 e. The Bertz CT molecular complexity index is 241. The summed E-state index contributed by atoms with van der Waals surface area (Å²) in [5.74, 6) is -0.0457. The highest BCUT2D eigenvalue weighted by molar-refractivity contribution is 5.81. The van der Waals surface area contributed by atoms with E-state index < -0.39 is 6.10 Å². The van der Waals surface area contributed by atoms with Gasteiger partial charge in [0.05, 0.1) is 5.60 Å². The molecule has 4 heteroatoms. The molecule has 0 aromatic rings. The van der Waals surface area contributed by atoms with Crippen molar-refractivity contribution < 1.29 is 9.53 Å². The molecule has 1 rings (SSSR count). The Labute approximate surface area is 91.8 Å². The monoisotopic (exact) mass is 214 g/mol. The van der Waals surface area contributed by atoms with Gasteiger partial charge in [0.15, 0.2) is 0 Å². The van der Waals surface area contributed by atoms with Crippen molar-refractivity contribution in [2.45, 2.75) is 51.9 Å². The molecule has 1 aliphatic rings. The summed E-state index contributed by atoms with van der Waals surface area (Å²) in [6.07, 6.45) is -0.392. The van der Waals surface area contributed by atoms with Crippen molar-refractivity contribution in [1.82, 2.24) is 10.6 Å². The molecule has 88 valence electrons. The molecule has 0 aromatic carbocycles. The maximum Gasteiger partial charge on any atom is 0.249 e. The van der Waals surface area contributed by atoms with Crippen LogP contribution in [0.5, 0.6) is 0 Å². The quantitative estimate of drug-likeness (QED) is 0.726. The second kappa shape index (κ2) is 4.10. The summed E-state index contributed by atoms with van der Waals surface area (Å²) < 4.78 is 5.71. The molecular formula is C11H22N2O2. The molecule has 0 aromatic heterocycles. The van der Waals surface area contributed by atoms with Crippen LogP contribution in [0.15, 0.2) is 0 Å². The van der Waals surface area contributed by atoms with E-state index in [2.05, 4.69) is 10.6 Å². The first-order valence-corrected chi connectivity index (χ1v) is 5.42. The van der Waals surface area contributed by atoms with Crippen LogP contribution in [0.3, 0.4) is 0 Å². The maximum atomic E-state index is 11.7. The third-order valence-corrected chi connectivity index (χ3v) is 2.33. The molecular weight excluding hydrogens is 192 g/mol. The van der Waals surface area contributed by atoms with Gasteiger partial charge in [-0.05, 0) is 34.6 Å². The second-order valence-corrected chi connectivity index (χ2v) is 5.55. The molecule has 15 heavy (non-hydrogen) atoms. The van der Waals surface area contributed by atoms with Gasteiger partial charge in [-0.3, -0.25) is 4.79 Å². The summed E-state index contributed by atoms with van der Waals surface area (Å²) in [6, 6.07) is 0. The maximum absolute atomic E-state index is 11.7. The van der Waals surface area contributed by atoms with Crippen molar-refractivity contribution in [2.24, 2.45) is 0 Å². The Morgan fingerprint density at radius 3 is 2.33 bits per heavy atom. The van der Waals surface area contributed by atoms with Gasteiger partial charge in [0.2, 0.25) is 5.91 Å². The van der Waals surface area contributed by atoms with Crippen LogP contribution >= 0.6 is 0 Å². The summed E-state index contributed by atoms with van der Waals surface area (Å²) in [5.41, 5.74) is -0.373. The number of carbonyl (C=O) groups is 1. The van der Waals surface area contributed by atoms with Gasteiger partial charge in [0, 0.05) is 18.6 Å². The Kier molecular flexibility index (Phi) is 3.41. The van der Waals surface area contributed by atoms with Crippen LogP contribution in [-0.4, -0.2) is 36.2 Å². The number of rotatable bonds is 3. The molecule has 1 fully saturated rings.